The summed E-state index contributed by atoms with van der Waals surface area (Å²) >= 11 is 0. The van der Waals surface area contributed by atoms with Gasteiger partial charge >= 0.3 is 6.18 Å². The number of hydrogen-bond acceptors (Lipinski definition) is 3. The molecule has 0 spiro atoms. The van der Waals surface area contributed by atoms with Gasteiger partial charge in [-0.05, 0) is 30.5 Å². The van der Waals surface area contributed by atoms with E-state index < -0.39 is 11.7 Å². The summed E-state index contributed by atoms with van der Waals surface area (Å²) in [7, 11) is 3.15. The van der Waals surface area contributed by atoms with Crippen molar-refractivity contribution >= 4 is 0 Å². The predicted molar refractivity (Wildman–Crippen MR) is 72.8 cm³/mol. The van der Waals surface area contributed by atoms with E-state index in [1.54, 1.807) is 20.3 Å². The normalized spacial score (nSPS) is 23.0. The summed E-state index contributed by atoms with van der Waals surface area (Å²) in [5.41, 5.74) is 0.0898. The Balaban J connectivity index is 2.10. The number of hydrogen-bond donors (Lipinski definition) is 1. The van der Waals surface area contributed by atoms with Gasteiger partial charge in [0.2, 0.25) is 0 Å². The van der Waals surface area contributed by atoms with Gasteiger partial charge in [-0.1, -0.05) is 18.2 Å². The maximum Gasteiger partial charge on any atom is 0.416 e. The van der Waals surface area contributed by atoms with E-state index in [4.69, 9.17) is 9.47 Å². The summed E-state index contributed by atoms with van der Waals surface area (Å²) in [5.74, 6) is 0.327. The molecule has 1 N–H and O–H groups in total. The summed E-state index contributed by atoms with van der Waals surface area (Å²) in [6.07, 6.45) is -4.06. The van der Waals surface area contributed by atoms with E-state index in [-0.39, 0.29) is 18.1 Å². The topological polar surface area (TPSA) is 30.5 Å². The molecular formula is C15H20F3NO2. The first kappa shape index (κ1) is 16.3. The Kier molecular flexibility index (Phi) is 5.24. The van der Waals surface area contributed by atoms with E-state index >= 15 is 0 Å². The Morgan fingerprint density at radius 1 is 1.24 bits per heavy atom. The number of halogens is 3. The van der Waals surface area contributed by atoms with Crippen LogP contribution >= 0.6 is 0 Å². The molecule has 6 heteroatoms. The fourth-order valence-corrected chi connectivity index (χ4v) is 2.92. The zero-order chi connectivity index (χ0) is 15.5. The minimum absolute atomic E-state index is 0.134. The molecule has 1 aliphatic heterocycles. The van der Waals surface area contributed by atoms with Crippen molar-refractivity contribution in [3.05, 3.63) is 35.4 Å². The van der Waals surface area contributed by atoms with Gasteiger partial charge in [0.15, 0.2) is 6.29 Å². The predicted octanol–water partition coefficient (Wildman–Crippen LogP) is 2.70. The third-order valence-corrected chi connectivity index (χ3v) is 3.96. The molecule has 1 aromatic rings. The summed E-state index contributed by atoms with van der Waals surface area (Å²) < 4.78 is 48.8. The van der Waals surface area contributed by atoms with E-state index in [2.05, 4.69) is 5.32 Å². The van der Waals surface area contributed by atoms with Gasteiger partial charge in [-0.3, -0.25) is 0 Å². The van der Waals surface area contributed by atoms with E-state index in [9.17, 15) is 13.2 Å². The maximum atomic E-state index is 12.7. The number of rotatable bonds is 5. The molecule has 0 aromatic heterocycles. The molecule has 0 radical (unpaired) electrons. The van der Waals surface area contributed by atoms with Gasteiger partial charge in [0.1, 0.15) is 0 Å². The number of methoxy groups -OCH3 is 2. The van der Waals surface area contributed by atoms with Crippen molar-refractivity contribution in [3.63, 3.8) is 0 Å². The minimum Gasteiger partial charge on any atom is -0.356 e. The molecule has 0 amide bonds. The van der Waals surface area contributed by atoms with Crippen LogP contribution in [0.4, 0.5) is 13.2 Å². The summed E-state index contributed by atoms with van der Waals surface area (Å²) in [6.45, 7) is 1.50. The van der Waals surface area contributed by atoms with Crippen LogP contribution in [-0.4, -0.2) is 33.6 Å². The van der Waals surface area contributed by atoms with Crippen LogP contribution in [0.1, 0.15) is 11.1 Å². The smallest absolute Gasteiger partial charge is 0.356 e. The molecule has 21 heavy (non-hydrogen) atoms. The lowest BCUT2D eigenvalue weighted by atomic mass is 9.88. The van der Waals surface area contributed by atoms with Crippen molar-refractivity contribution in [2.75, 3.05) is 27.3 Å². The van der Waals surface area contributed by atoms with E-state index in [0.29, 0.717) is 12.0 Å². The lowest BCUT2D eigenvalue weighted by Crippen LogP contribution is -2.31. The fraction of sp³-hybridized carbons (Fsp3) is 0.600. The molecule has 1 aromatic carbocycles. The lowest BCUT2D eigenvalue weighted by Gasteiger charge is -2.25. The second-order valence-corrected chi connectivity index (χ2v) is 5.32. The molecule has 2 atom stereocenters. The summed E-state index contributed by atoms with van der Waals surface area (Å²) in [6, 6.07) is 5.52. The second-order valence-electron chi connectivity index (χ2n) is 5.32. The molecule has 1 heterocycles. The highest BCUT2D eigenvalue weighted by Gasteiger charge is 2.35. The molecule has 1 saturated heterocycles. The van der Waals surface area contributed by atoms with Crippen molar-refractivity contribution in [1.29, 1.82) is 0 Å². The monoisotopic (exact) mass is 303 g/mol. The molecular weight excluding hydrogens is 283 g/mol. The first-order valence-corrected chi connectivity index (χ1v) is 6.88. The quantitative estimate of drug-likeness (QED) is 0.849. The van der Waals surface area contributed by atoms with Crippen LogP contribution in [0.2, 0.25) is 0 Å². The van der Waals surface area contributed by atoms with Gasteiger partial charge in [-0.2, -0.15) is 13.2 Å². The molecule has 2 rings (SSSR count). The molecule has 1 aliphatic rings. The zero-order valence-corrected chi connectivity index (χ0v) is 12.1. The van der Waals surface area contributed by atoms with Gasteiger partial charge < -0.3 is 14.8 Å². The van der Waals surface area contributed by atoms with Gasteiger partial charge in [0.25, 0.3) is 0 Å². The number of nitrogens with one attached hydrogen (secondary N) is 1. The standard InChI is InChI=1S/C15H20F3NO2/c1-20-14(21-2)13-9-19-8-11(13)6-10-4-3-5-12(7-10)15(16,17)18/h3-5,7,11,13-14,19H,6,8-9H2,1-2H3. The molecule has 0 bridgehead atoms. The molecule has 2 unspecified atom stereocenters. The molecule has 118 valence electrons. The van der Waals surface area contributed by atoms with Crippen molar-refractivity contribution in [3.8, 4) is 0 Å². The molecule has 1 fully saturated rings. The van der Waals surface area contributed by atoms with Crippen LogP contribution < -0.4 is 5.32 Å². The van der Waals surface area contributed by atoms with Crippen LogP contribution in [0, 0.1) is 11.8 Å². The number of benzene rings is 1. The Morgan fingerprint density at radius 2 is 1.95 bits per heavy atom. The SMILES string of the molecule is COC(OC)C1CNCC1Cc1cccc(C(F)(F)F)c1. The summed E-state index contributed by atoms with van der Waals surface area (Å²) in [5, 5.41) is 3.25. The van der Waals surface area contributed by atoms with Crippen molar-refractivity contribution in [2.24, 2.45) is 11.8 Å². The number of ether oxygens (including phenoxy) is 2. The summed E-state index contributed by atoms with van der Waals surface area (Å²) in [4.78, 5) is 0. The fourth-order valence-electron chi connectivity index (χ4n) is 2.92. The molecule has 0 aliphatic carbocycles. The van der Waals surface area contributed by atoms with Crippen LogP contribution in [-0.2, 0) is 22.1 Å². The van der Waals surface area contributed by atoms with Gasteiger partial charge in [0.05, 0.1) is 5.56 Å². The Hall–Kier alpha value is -1.11. The lowest BCUT2D eigenvalue weighted by molar-refractivity contribution is -0.141. The van der Waals surface area contributed by atoms with E-state index in [1.165, 1.54) is 12.1 Å². The Morgan fingerprint density at radius 3 is 2.57 bits per heavy atom. The average Bonchev–Trinajstić information content (AvgIpc) is 2.88. The molecule has 3 nitrogen and oxygen atoms in total. The molecule has 0 saturated carbocycles. The Bertz CT molecular complexity index is 460. The highest BCUT2D eigenvalue weighted by Crippen LogP contribution is 2.31. The van der Waals surface area contributed by atoms with Gasteiger partial charge in [0, 0.05) is 26.7 Å². The average molecular weight is 303 g/mol. The largest absolute Gasteiger partial charge is 0.416 e. The van der Waals surface area contributed by atoms with Crippen molar-refractivity contribution in [2.45, 2.75) is 18.9 Å². The van der Waals surface area contributed by atoms with Crippen LogP contribution in [0.15, 0.2) is 24.3 Å². The number of alkyl halides is 3. The van der Waals surface area contributed by atoms with Gasteiger partial charge in [-0.15, -0.1) is 0 Å². The Labute approximate surface area is 122 Å². The highest BCUT2D eigenvalue weighted by atomic mass is 19.4. The first-order valence-electron chi connectivity index (χ1n) is 6.88. The van der Waals surface area contributed by atoms with Crippen molar-refractivity contribution < 1.29 is 22.6 Å². The minimum atomic E-state index is -4.30. The van der Waals surface area contributed by atoms with Crippen LogP contribution in [0.25, 0.3) is 0 Å². The maximum absolute atomic E-state index is 12.7. The van der Waals surface area contributed by atoms with Crippen molar-refractivity contribution in [1.82, 2.24) is 5.32 Å². The van der Waals surface area contributed by atoms with E-state index in [0.717, 1.165) is 19.2 Å². The third-order valence-electron chi connectivity index (χ3n) is 3.96. The zero-order valence-electron chi connectivity index (χ0n) is 12.1. The highest BCUT2D eigenvalue weighted by molar-refractivity contribution is 5.26. The van der Waals surface area contributed by atoms with Crippen LogP contribution in [0.5, 0.6) is 0 Å². The van der Waals surface area contributed by atoms with Gasteiger partial charge in [-0.25, -0.2) is 0 Å². The second kappa shape index (κ2) is 6.77. The van der Waals surface area contributed by atoms with Crippen LogP contribution in [0.3, 0.4) is 0 Å². The third kappa shape index (κ3) is 3.96. The first-order chi connectivity index (χ1) is 9.95. The van der Waals surface area contributed by atoms with E-state index in [1.807, 2.05) is 0 Å².